The molecule has 0 radical (unpaired) electrons. The number of carbonyl (C=O) groups excluding carboxylic acids is 1. The highest BCUT2D eigenvalue weighted by Crippen LogP contribution is 2.36. The normalized spacial score (nSPS) is 15.9. The first-order chi connectivity index (χ1) is 16.0. The van der Waals surface area contributed by atoms with Gasteiger partial charge in [0.2, 0.25) is 0 Å². The molecule has 0 fully saturated rings. The summed E-state index contributed by atoms with van der Waals surface area (Å²) >= 11 is 3.00. The lowest BCUT2D eigenvalue weighted by Gasteiger charge is -2.19. The third kappa shape index (κ3) is 4.47. The molecule has 0 aliphatic carbocycles. The Bertz CT molecular complexity index is 1380. The zero-order valence-corrected chi connectivity index (χ0v) is 19.7. The molecular weight excluding hydrogens is 474 g/mol. The average Bonchev–Trinajstić information content (AvgIpc) is 3.61. The summed E-state index contributed by atoms with van der Waals surface area (Å²) in [6.45, 7) is 0. The van der Waals surface area contributed by atoms with Crippen molar-refractivity contribution in [3.63, 3.8) is 0 Å². The Kier molecular flexibility index (Phi) is 5.84. The number of anilines is 1. The molecule has 1 amide bonds. The molecule has 6 nitrogen and oxygen atoms in total. The lowest BCUT2D eigenvalue weighted by molar-refractivity contribution is 0.0719. The Hall–Kier alpha value is -3.27. The summed E-state index contributed by atoms with van der Waals surface area (Å²) in [6.07, 6.45) is 0.590. The molecule has 0 saturated heterocycles. The topological polar surface area (TPSA) is 78.8 Å². The molecule has 4 aromatic rings. The standard InChI is InChI=1S/C24H19N3O3S3/c28-24(23-9-5-15-32-23)27-21(22-8-4-14-31-22)16-20(25-27)17-10-12-18(13-11-17)26-33(29,30)19-6-2-1-3-7-19/h1-15,21,26H,16H2/t21-/m0/s1. The largest absolute Gasteiger partial charge is 0.284 e. The van der Waals surface area contributed by atoms with E-state index in [0.29, 0.717) is 17.0 Å². The van der Waals surface area contributed by atoms with Crippen LogP contribution in [0.2, 0.25) is 0 Å². The maximum Gasteiger partial charge on any atom is 0.284 e. The van der Waals surface area contributed by atoms with Crippen molar-refractivity contribution in [1.29, 1.82) is 0 Å². The molecular formula is C24H19N3O3S3. The maximum absolute atomic E-state index is 13.1. The number of carbonyl (C=O) groups is 1. The fourth-order valence-corrected chi connectivity index (χ4v) is 6.18. The summed E-state index contributed by atoms with van der Waals surface area (Å²) < 4.78 is 27.7. The van der Waals surface area contributed by atoms with Crippen LogP contribution in [0.4, 0.5) is 5.69 Å². The molecule has 9 heteroatoms. The number of benzene rings is 2. The van der Waals surface area contributed by atoms with E-state index >= 15 is 0 Å². The van der Waals surface area contributed by atoms with Gasteiger partial charge in [-0.3, -0.25) is 9.52 Å². The van der Waals surface area contributed by atoms with Crippen molar-refractivity contribution in [2.75, 3.05) is 4.72 Å². The molecule has 1 aliphatic heterocycles. The van der Waals surface area contributed by atoms with Gasteiger partial charge in [-0.25, -0.2) is 13.4 Å². The van der Waals surface area contributed by atoms with Gasteiger partial charge in [-0.05, 0) is 52.7 Å². The van der Waals surface area contributed by atoms with E-state index in [0.717, 1.165) is 16.2 Å². The van der Waals surface area contributed by atoms with Crippen LogP contribution in [0.15, 0.2) is 99.6 Å². The van der Waals surface area contributed by atoms with Gasteiger partial charge in [0.1, 0.15) is 0 Å². The Morgan fingerprint density at radius 1 is 0.909 bits per heavy atom. The molecule has 1 aliphatic rings. The summed E-state index contributed by atoms with van der Waals surface area (Å²) in [5.41, 5.74) is 2.10. The summed E-state index contributed by atoms with van der Waals surface area (Å²) in [7, 11) is -3.66. The van der Waals surface area contributed by atoms with E-state index in [1.165, 1.54) is 11.3 Å². The number of sulfonamides is 1. The van der Waals surface area contributed by atoms with Crippen molar-refractivity contribution in [2.45, 2.75) is 17.4 Å². The van der Waals surface area contributed by atoms with Gasteiger partial charge in [0, 0.05) is 17.0 Å². The second-order valence-corrected chi connectivity index (χ2v) is 11.0. The minimum atomic E-state index is -3.66. The van der Waals surface area contributed by atoms with Crippen LogP contribution < -0.4 is 4.72 Å². The number of hydrogen-bond acceptors (Lipinski definition) is 6. The zero-order chi connectivity index (χ0) is 22.8. The molecule has 3 heterocycles. The SMILES string of the molecule is O=C(c1cccs1)N1N=C(c2ccc(NS(=O)(=O)c3ccccc3)cc2)C[C@H]1c1cccs1. The quantitative estimate of drug-likeness (QED) is 0.380. The fourth-order valence-electron chi connectivity index (χ4n) is 3.63. The predicted octanol–water partition coefficient (Wildman–Crippen LogP) is 5.60. The summed E-state index contributed by atoms with van der Waals surface area (Å²) in [4.78, 5) is 15.0. The molecule has 1 N–H and O–H groups in total. The van der Waals surface area contributed by atoms with Gasteiger partial charge in [-0.2, -0.15) is 5.10 Å². The predicted molar refractivity (Wildman–Crippen MR) is 132 cm³/mol. The zero-order valence-electron chi connectivity index (χ0n) is 17.3. The second kappa shape index (κ2) is 8.93. The van der Waals surface area contributed by atoms with Gasteiger partial charge in [0.05, 0.1) is 21.5 Å². The van der Waals surface area contributed by atoms with Crippen LogP contribution >= 0.6 is 22.7 Å². The van der Waals surface area contributed by atoms with E-state index in [2.05, 4.69) is 9.82 Å². The molecule has 5 rings (SSSR count). The first-order valence-corrected chi connectivity index (χ1v) is 13.4. The van der Waals surface area contributed by atoms with Crippen molar-refractivity contribution in [3.8, 4) is 0 Å². The number of hydrogen-bond donors (Lipinski definition) is 1. The lowest BCUT2D eigenvalue weighted by atomic mass is 10.0. The van der Waals surface area contributed by atoms with E-state index < -0.39 is 10.0 Å². The van der Waals surface area contributed by atoms with Gasteiger partial charge in [-0.15, -0.1) is 22.7 Å². The van der Waals surface area contributed by atoms with E-state index in [-0.39, 0.29) is 16.8 Å². The first-order valence-electron chi connectivity index (χ1n) is 10.2. The maximum atomic E-state index is 13.1. The molecule has 0 bridgehead atoms. The Labute approximate surface area is 199 Å². The Balaban J connectivity index is 1.39. The number of amides is 1. The van der Waals surface area contributed by atoms with E-state index in [1.54, 1.807) is 64.9 Å². The van der Waals surface area contributed by atoms with Gasteiger partial charge < -0.3 is 0 Å². The highest BCUT2D eigenvalue weighted by molar-refractivity contribution is 7.92. The van der Waals surface area contributed by atoms with Crippen LogP contribution in [-0.4, -0.2) is 25.0 Å². The van der Waals surface area contributed by atoms with Crippen LogP contribution in [0.25, 0.3) is 0 Å². The number of rotatable bonds is 6. The molecule has 166 valence electrons. The fraction of sp³-hybridized carbons (Fsp3) is 0.0833. The minimum Gasteiger partial charge on any atom is -0.280 e. The monoisotopic (exact) mass is 493 g/mol. The summed E-state index contributed by atoms with van der Waals surface area (Å²) in [5.74, 6) is -0.120. The van der Waals surface area contributed by atoms with Crippen LogP contribution in [-0.2, 0) is 10.0 Å². The smallest absolute Gasteiger partial charge is 0.280 e. The summed E-state index contributed by atoms with van der Waals surface area (Å²) in [6, 6.07) is 22.8. The third-order valence-corrected chi connectivity index (χ3v) is 8.47. The second-order valence-electron chi connectivity index (χ2n) is 7.40. The summed E-state index contributed by atoms with van der Waals surface area (Å²) in [5, 5.41) is 10.1. The van der Waals surface area contributed by atoms with Crippen LogP contribution in [0, 0.1) is 0 Å². The minimum absolute atomic E-state index is 0.120. The van der Waals surface area contributed by atoms with Crippen molar-refractivity contribution in [1.82, 2.24) is 5.01 Å². The van der Waals surface area contributed by atoms with Crippen molar-refractivity contribution < 1.29 is 13.2 Å². The highest BCUT2D eigenvalue weighted by Gasteiger charge is 2.34. The van der Waals surface area contributed by atoms with Gasteiger partial charge in [-0.1, -0.05) is 42.5 Å². The van der Waals surface area contributed by atoms with Crippen LogP contribution in [0.1, 0.15) is 32.6 Å². The molecule has 2 aromatic heterocycles. The van der Waals surface area contributed by atoms with Gasteiger partial charge in [0.25, 0.3) is 15.9 Å². The van der Waals surface area contributed by atoms with Gasteiger partial charge >= 0.3 is 0 Å². The Morgan fingerprint density at radius 3 is 2.30 bits per heavy atom. The average molecular weight is 494 g/mol. The first kappa shape index (κ1) is 21.6. The highest BCUT2D eigenvalue weighted by atomic mass is 32.2. The number of hydrazone groups is 1. The van der Waals surface area contributed by atoms with Crippen molar-refractivity contribution >= 4 is 50.0 Å². The molecule has 0 unspecified atom stereocenters. The molecule has 0 spiro atoms. The number of nitrogens with zero attached hydrogens (tertiary/aromatic N) is 2. The van der Waals surface area contributed by atoms with Crippen molar-refractivity contribution in [3.05, 3.63) is 105 Å². The molecule has 33 heavy (non-hydrogen) atoms. The molecule has 2 aromatic carbocycles. The lowest BCUT2D eigenvalue weighted by Crippen LogP contribution is -2.25. The Morgan fingerprint density at radius 2 is 1.64 bits per heavy atom. The van der Waals surface area contributed by atoms with E-state index in [1.807, 2.05) is 41.1 Å². The molecule has 1 atom stereocenters. The van der Waals surface area contributed by atoms with E-state index in [9.17, 15) is 13.2 Å². The van der Waals surface area contributed by atoms with Crippen LogP contribution in [0.5, 0.6) is 0 Å². The van der Waals surface area contributed by atoms with E-state index in [4.69, 9.17) is 0 Å². The van der Waals surface area contributed by atoms with Crippen LogP contribution in [0.3, 0.4) is 0 Å². The van der Waals surface area contributed by atoms with Crippen molar-refractivity contribution in [2.24, 2.45) is 5.10 Å². The third-order valence-electron chi connectivity index (χ3n) is 5.25. The molecule has 0 saturated carbocycles. The van der Waals surface area contributed by atoms with Gasteiger partial charge in [0.15, 0.2) is 0 Å². The number of nitrogens with one attached hydrogen (secondary N) is 1. The number of thiophene rings is 2.